The standard InChI is InChI=1S/C24H22N2O4/c1-30-18-9-2-6-16(14-18)15-25-21(27)12-5-13-26-23(28)19-10-3-7-17-8-4-11-20(22(17)19)24(26)29/h2-4,6-11,14H,5,12-13,15H2,1H3,(H,25,27). The molecule has 0 aromatic heterocycles. The smallest absolute Gasteiger partial charge is 0.261 e. The van der Waals surface area contributed by atoms with Crippen LogP contribution in [0.5, 0.6) is 5.75 Å². The molecule has 1 aliphatic heterocycles. The molecule has 1 N–H and O–H groups in total. The van der Waals surface area contributed by atoms with Gasteiger partial charge in [-0.25, -0.2) is 0 Å². The monoisotopic (exact) mass is 402 g/mol. The third-order valence-corrected chi connectivity index (χ3v) is 5.27. The molecule has 3 amide bonds. The maximum atomic E-state index is 12.9. The molecular formula is C24H22N2O4. The summed E-state index contributed by atoms with van der Waals surface area (Å²) in [6.45, 7) is 0.599. The molecule has 0 saturated carbocycles. The van der Waals surface area contributed by atoms with Crippen LogP contribution >= 0.6 is 0 Å². The zero-order valence-electron chi connectivity index (χ0n) is 16.7. The molecule has 152 valence electrons. The molecule has 3 aromatic carbocycles. The molecule has 4 rings (SSSR count). The summed E-state index contributed by atoms with van der Waals surface area (Å²) < 4.78 is 5.18. The van der Waals surface area contributed by atoms with Crippen molar-refractivity contribution in [3.63, 3.8) is 0 Å². The van der Waals surface area contributed by atoms with Gasteiger partial charge in [-0.1, -0.05) is 36.4 Å². The number of benzene rings is 3. The third kappa shape index (κ3) is 3.76. The van der Waals surface area contributed by atoms with Crippen LogP contribution in [0.25, 0.3) is 10.8 Å². The van der Waals surface area contributed by atoms with Gasteiger partial charge < -0.3 is 10.1 Å². The first-order valence-corrected chi connectivity index (χ1v) is 9.86. The number of ether oxygens (including phenoxy) is 1. The summed E-state index contributed by atoms with van der Waals surface area (Å²) in [6, 6.07) is 18.4. The fourth-order valence-electron chi connectivity index (χ4n) is 3.75. The first-order valence-electron chi connectivity index (χ1n) is 9.86. The predicted molar refractivity (Wildman–Crippen MR) is 113 cm³/mol. The van der Waals surface area contributed by atoms with Crippen LogP contribution in [0.4, 0.5) is 0 Å². The van der Waals surface area contributed by atoms with E-state index in [1.807, 2.05) is 48.5 Å². The summed E-state index contributed by atoms with van der Waals surface area (Å²) in [5, 5.41) is 4.45. The van der Waals surface area contributed by atoms with E-state index in [0.29, 0.717) is 29.5 Å². The van der Waals surface area contributed by atoms with Crippen molar-refractivity contribution in [3.05, 3.63) is 77.4 Å². The molecule has 0 bridgehead atoms. The lowest BCUT2D eigenvalue weighted by molar-refractivity contribution is -0.121. The van der Waals surface area contributed by atoms with Crippen molar-refractivity contribution in [1.82, 2.24) is 10.2 Å². The van der Waals surface area contributed by atoms with Gasteiger partial charge in [0.15, 0.2) is 0 Å². The van der Waals surface area contributed by atoms with E-state index in [2.05, 4.69) is 5.32 Å². The quantitative estimate of drug-likeness (QED) is 0.614. The number of amides is 3. The highest BCUT2D eigenvalue weighted by molar-refractivity contribution is 6.25. The number of carbonyl (C=O) groups excluding carboxylic acids is 3. The summed E-state index contributed by atoms with van der Waals surface area (Å²) in [6.07, 6.45) is 0.631. The average molecular weight is 402 g/mol. The molecule has 0 fully saturated rings. The third-order valence-electron chi connectivity index (χ3n) is 5.27. The molecule has 0 aliphatic carbocycles. The minimum atomic E-state index is -0.305. The number of imide groups is 1. The van der Waals surface area contributed by atoms with Gasteiger partial charge >= 0.3 is 0 Å². The number of hydrogen-bond acceptors (Lipinski definition) is 4. The zero-order valence-corrected chi connectivity index (χ0v) is 16.7. The summed E-state index contributed by atoms with van der Waals surface area (Å²) in [5.41, 5.74) is 2.00. The van der Waals surface area contributed by atoms with Gasteiger partial charge in [-0.05, 0) is 41.6 Å². The molecular weight excluding hydrogens is 380 g/mol. The van der Waals surface area contributed by atoms with Crippen molar-refractivity contribution in [3.8, 4) is 5.75 Å². The summed E-state index contributed by atoms with van der Waals surface area (Å²) in [7, 11) is 1.60. The maximum absolute atomic E-state index is 12.9. The van der Waals surface area contributed by atoms with Gasteiger partial charge in [0.05, 0.1) is 7.11 Å². The fraction of sp³-hybridized carbons (Fsp3) is 0.208. The van der Waals surface area contributed by atoms with Crippen molar-refractivity contribution in [2.24, 2.45) is 0 Å². The second kappa shape index (κ2) is 8.37. The minimum absolute atomic E-state index is 0.128. The highest BCUT2D eigenvalue weighted by atomic mass is 16.5. The Kier molecular flexibility index (Phi) is 5.48. The average Bonchev–Trinajstić information content (AvgIpc) is 2.78. The molecule has 30 heavy (non-hydrogen) atoms. The molecule has 1 aliphatic rings. The molecule has 0 unspecified atom stereocenters. The lowest BCUT2D eigenvalue weighted by atomic mass is 9.94. The van der Waals surface area contributed by atoms with Gasteiger partial charge in [-0.3, -0.25) is 19.3 Å². The maximum Gasteiger partial charge on any atom is 0.261 e. The Bertz CT molecular complexity index is 1090. The summed E-state index contributed by atoms with van der Waals surface area (Å²) in [4.78, 5) is 39.1. The van der Waals surface area contributed by atoms with Gasteiger partial charge in [-0.15, -0.1) is 0 Å². The van der Waals surface area contributed by atoms with Gasteiger partial charge in [0, 0.05) is 36.0 Å². The highest BCUT2D eigenvalue weighted by Gasteiger charge is 2.32. The van der Waals surface area contributed by atoms with E-state index in [0.717, 1.165) is 16.7 Å². The minimum Gasteiger partial charge on any atom is -0.497 e. The van der Waals surface area contributed by atoms with Crippen LogP contribution in [0.15, 0.2) is 60.7 Å². The molecule has 1 heterocycles. The first kappa shape index (κ1) is 19.6. The Morgan fingerprint density at radius 1 is 0.967 bits per heavy atom. The SMILES string of the molecule is COc1cccc(CNC(=O)CCCN2C(=O)c3cccc4cccc(c34)C2=O)c1. The van der Waals surface area contributed by atoms with Crippen LogP contribution in [0, 0.1) is 0 Å². The van der Waals surface area contributed by atoms with Crippen LogP contribution in [0.3, 0.4) is 0 Å². The second-order valence-electron chi connectivity index (χ2n) is 7.20. The number of hydrogen-bond donors (Lipinski definition) is 1. The van der Waals surface area contributed by atoms with Crippen molar-refractivity contribution in [1.29, 1.82) is 0 Å². The molecule has 6 heteroatoms. The van der Waals surface area contributed by atoms with Gasteiger partial charge in [0.1, 0.15) is 5.75 Å². The largest absolute Gasteiger partial charge is 0.497 e. The summed E-state index contributed by atoms with van der Waals surface area (Å²) in [5.74, 6) is -0.00131. The van der Waals surface area contributed by atoms with E-state index in [9.17, 15) is 14.4 Å². The Hall–Kier alpha value is -3.67. The Morgan fingerprint density at radius 2 is 1.63 bits per heavy atom. The number of nitrogens with one attached hydrogen (secondary N) is 1. The Morgan fingerprint density at radius 3 is 2.30 bits per heavy atom. The first-order chi connectivity index (χ1) is 14.6. The van der Waals surface area contributed by atoms with E-state index in [-0.39, 0.29) is 30.7 Å². The van der Waals surface area contributed by atoms with E-state index < -0.39 is 0 Å². The van der Waals surface area contributed by atoms with Crippen LogP contribution in [-0.2, 0) is 11.3 Å². The van der Waals surface area contributed by atoms with Crippen LogP contribution < -0.4 is 10.1 Å². The molecule has 6 nitrogen and oxygen atoms in total. The molecule has 0 spiro atoms. The molecule has 3 aromatic rings. The van der Waals surface area contributed by atoms with E-state index in [4.69, 9.17) is 4.74 Å². The van der Waals surface area contributed by atoms with Gasteiger partial charge in [-0.2, -0.15) is 0 Å². The van der Waals surface area contributed by atoms with E-state index >= 15 is 0 Å². The van der Waals surface area contributed by atoms with Crippen LogP contribution in [-0.4, -0.2) is 36.3 Å². The zero-order chi connectivity index (χ0) is 21.1. The summed E-state index contributed by atoms with van der Waals surface area (Å²) >= 11 is 0. The highest BCUT2D eigenvalue weighted by Crippen LogP contribution is 2.30. The Balaban J connectivity index is 1.35. The van der Waals surface area contributed by atoms with Gasteiger partial charge in [0.25, 0.3) is 11.8 Å². The van der Waals surface area contributed by atoms with Gasteiger partial charge in [0.2, 0.25) is 5.91 Å². The number of nitrogens with zero attached hydrogens (tertiary/aromatic N) is 1. The lowest BCUT2D eigenvalue weighted by Crippen LogP contribution is -2.41. The van der Waals surface area contributed by atoms with Crippen molar-refractivity contribution in [2.75, 3.05) is 13.7 Å². The normalized spacial score (nSPS) is 12.9. The van der Waals surface area contributed by atoms with Crippen molar-refractivity contribution < 1.29 is 19.1 Å². The number of carbonyl (C=O) groups is 3. The number of methoxy groups -OCH3 is 1. The molecule has 0 atom stereocenters. The lowest BCUT2D eigenvalue weighted by Gasteiger charge is -2.27. The Labute approximate surface area is 174 Å². The van der Waals surface area contributed by atoms with Crippen LogP contribution in [0.2, 0.25) is 0 Å². The molecule has 0 radical (unpaired) electrons. The second-order valence-corrected chi connectivity index (χ2v) is 7.20. The predicted octanol–water partition coefficient (Wildman–Crippen LogP) is 3.54. The molecule has 0 saturated heterocycles. The topological polar surface area (TPSA) is 75.7 Å². The van der Waals surface area contributed by atoms with E-state index in [1.165, 1.54) is 4.90 Å². The number of rotatable bonds is 7. The fourth-order valence-corrected chi connectivity index (χ4v) is 3.75. The van der Waals surface area contributed by atoms with Crippen molar-refractivity contribution >= 4 is 28.5 Å². The van der Waals surface area contributed by atoms with Crippen molar-refractivity contribution in [2.45, 2.75) is 19.4 Å². The van der Waals surface area contributed by atoms with E-state index in [1.54, 1.807) is 19.2 Å². The van der Waals surface area contributed by atoms with Crippen LogP contribution in [0.1, 0.15) is 39.1 Å².